The number of carbonyl (C=O) groups is 2. The van der Waals surface area contributed by atoms with Gasteiger partial charge in [0.1, 0.15) is 0 Å². The minimum Gasteiger partial charge on any atom is -0.473 e. The first-order valence-corrected chi connectivity index (χ1v) is 7.35. The third-order valence-electron chi connectivity index (χ3n) is 3.50. The van der Waals surface area contributed by atoms with Gasteiger partial charge in [0, 0.05) is 25.3 Å². The summed E-state index contributed by atoms with van der Waals surface area (Å²) in [5.41, 5.74) is 1.13. The second kappa shape index (κ2) is 9.86. The van der Waals surface area contributed by atoms with Crippen LogP contribution >= 0.6 is 0 Å². The van der Waals surface area contributed by atoms with E-state index in [1.54, 1.807) is 0 Å². The van der Waals surface area contributed by atoms with Gasteiger partial charge in [-0.05, 0) is 38.1 Å². The van der Waals surface area contributed by atoms with Gasteiger partial charge in [-0.3, -0.25) is 9.88 Å². The van der Waals surface area contributed by atoms with Crippen LogP contribution in [-0.4, -0.2) is 57.7 Å². The number of carboxylic acids is 2. The average molecular weight is 309 g/mol. The first kappa shape index (κ1) is 18.1. The molecule has 2 heterocycles. The van der Waals surface area contributed by atoms with Gasteiger partial charge >= 0.3 is 11.9 Å². The van der Waals surface area contributed by atoms with Gasteiger partial charge in [-0.15, -0.1) is 0 Å². The lowest BCUT2D eigenvalue weighted by Crippen LogP contribution is -2.37. The zero-order chi connectivity index (χ0) is 16.4. The van der Waals surface area contributed by atoms with Crippen LogP contribution in [-0.2, 0) is 16.1 Å². The van der Waals surface area contributed by atoms with Crippen molar-refractivity contribution in [1.29, 1.82) is 0 Å². The van der Waals surface area contributed by atoms with Crippen molar-refractivity contribution in [3.63, 3.8) is 0 Å². The maximum absolute atomic E-state index is 9.10. The Morgan fingerprint density at radius 1 is 1.36 bits per heavy atom. The minimum absolute atomic E-state index is 0.730. The number of aliphatic carboxylic acids is 2. The van der Waals surface area contributed by atoms with Crippen molar-refractivity contribution in [2.45, 2.75) is 32.4 Å². The molecule has 7 nitrogen and oxygen atoms in total. The standard InChI is InChI=1S/C13H21N3.C2H2O4/c1-2-16-9-5-7-13(16)11-14-10-12-6-3-4-8-15-12;3-1(4)2(5)6/h3-4,6,8,13-14H,2,5,7,9-11H2,1H3;(H,3,4)(H,5,6). The van der Waals surface area contributed by atoms with Crippen LogP contribution < -0.4 is 5.32 Å². The fourth-order valence-corrected chi connectivity index (χ4v) is 2.41. The Morgan fingerprint density at radius 2 is 2.09 bits per heavy atom. The molecule has 0 saturated carbocycles. The lowest BCUT2D eigenvalue weighted by atomic mass is 10.2. The predicted molar refractivity (Wildman–Crippen MR) is 81.5 cm³/mol. The predicted octanol–water partition coefficient (Wildman–Crippen LogP) is 0.811. The van der Waals surface area contributed by atoms with E-state index in [-0.39, 0.29) is 0 Å². The summed E-state index contributed by atoms with van der Waals surface area (Å²) in [6.45, 7) is 6.67. The number of nitrogens with zero attached hydrogens (tertiary/aromatic N) is 2. The topological polar surface area (TPSA) is 103 Å². The molecule has 1 unspecified atom stereocenters. The Morgan fingerprint density at radius 3 is 2.64 bits per heavy atom. The highest BCUT2D eigenvalue weighted by molar-refractivity contribution is 6.27. The minimum atomic E-state index is -1.82. The quantitative estimate of drug-likeness (QED) is 0.692. The summed E-state index contributed by atoms with van der Waals surface area (Å²) >= 11 is 0. The van der Waals surface area contributed by atoms with Crippen LogP contribution in [0.5, 0.6) is 0 Å². The molecule has 1 aromatic rings. The molecule has 2 rings (SSSR count). The summed E-state index contributed by atoms with van der Waals surface area (Å²) in [5.74, 6) is -3.65. The largest absolute Gasteiger partial charge is 0.473 e. The number of likely N-dealkylation sites (tertiary alicyclic amines) is 1. The van der Waals surface area contributed by atoms with Crippen molar-refractivity contribution in [3.05, 3.63) is 30.1 Å². The number of pyridine rings is 1. The highest BCUT2D eigenvalue weighted by atomic mass is 16.4. The Labute approximate surface area is 130 Å². The SMILES string of the molecule is CCN1CCCC1CNCc1ccccn1.O=C(O)C(=O)O. The molecule has 0 aliphatic carbocycles. The van der Waals surface area contributed by atoms with Crippen molar-refractivity contribution in [3.8, 4) is 0 Å². The number of nitrogens with one attached hydrogen (secondary N) is 1. The van der Waals surface area contributed by atoms with Crippen molar-refractivity contribution < 1.29 is 19.8 Å². The van der Waals surface area contributed by atoms with Gasteiger partial charge in [-0.2, -0.15) is 0 Å². The molecule has 0 spiro atoms. The maximum Gasteiger partial charge on any atom is 0.414 e. The molecule has 1 atom stereocenters. The van der Waals surface area contributed by atoms with Gasteiger partial charge < -0.3 is 15.5 Å². The van der Waals surface area contributed by atoms with E-state index in [9.17, 15) is 0 Å². The molecule has 1 saturated heterocycles. The van der Waals surface area contributed by atoms with E-state index in [0.717, 1.165) is 24.8 Å². The third kappa shape index (κ3) is 6.64. The van der Waals surface area contributed by atoms with Crippen LogP contribution in [0, 0.1) is 0 Å². The highest BCUT2D eigenvalue weighted by Gasteiger charge is 2.21. The summed E-state index contributed by atoms with van der Waals surface area (Å²) in [6, 6.07) is 6.80. The zero-order valence-corrected chi connectivity index (χ0v) is 12.7. The van der Waals surface area contributed by atoms with Crippen LogP contribution in [0.1, 0.15) is 25.5 Å². The monoisotopic (exact) mass is 309 g/mol. The van der Waals surface area contributed by atoms with Gasteiger partial charge in [-0.25, -0.2) is 9.59 Å². The van der Waals surface area contributed by atoms with E-state index in [2.05, 4.69) is 28.2 Å². The van der Waals surface area contributed by atoms with E-state index in [0.29, 0.717) is 0 Å². The van der Waals surface area contributed by atoms with Crippen LogP contribution in [0.4, 0.5) is 0 Å². The molecule has 1 aliphatic rings. The molecular formula is C15H23N3O4. The van der Waals surface area contributed by atoms with E-state index < -0.39 is 11.9 Å². The maximum atomic E-state index is 9.10. The molecule has 22 heavy (non-hydrogen) atoms. The van der Waals surface area contributed by atoms with E-state index in [4.69, 9.17) is 19.8 Å². The Hall–Kier alpha value is -1.99. The molecule has 0 amide bonds. The first-order chi connectivity index (χ1) is 10.5. The van der Waals surface area contributed by atoms with E-state index >= 15 is 0 Å². The number of carboxylic acid groups (broad SMARTS) is 2. The van der Waals surface area contributed by atoms with E-state index in [1.807, 2.05) is 18.3 Å². The fraction of sp³-hybridized carbons (Fsp3) is 0.533. The molecule has 122 valence electrons. The van der Waals surface area contributed by atoms with Gasteiger partial charge in [0.15, 0.2) is 0 Å². The Balaban J connectivity index is 0.000000346. The fourth-order valence-electron chi connectivity index (χ4n) is 2.41. The summed E-state index contributed by atoms with van der Waals surface area (Å²) in [5, 5.41) is 18.3. The molecule has 1 aliphatic heterocycles. The second-order valence-corrected chi connectivity index (χ2v) is 4.99. The van der Waals surface area contributed by atoms with Crippen molar-refractivity contribution in [2.75, 3.05) is 19.6 Å². The molecule has 1 aromatic heterocycles. The summed E-state index contributed by atoms with van der Waals surface area (Å²) in [7, 11) is 0. The number of likely N-dealkylation sites (N-methyl/N-ethyl adjacent to an activating group) is 1. The summed E-state index contributed by atoms with van der Waals surface area (Å²) in [6.07, 6.45) is 4.54. The lowest BCUT2D eigenvalue weighted by molar-refractivity contribution is -0.159. The molecule has 3 N–H and O–H groups in total. The zero-order valence-electron chi connectivity index (χ0n) is 12.7. The summed E-state index contributed by atoms with van der Waals surface area (Å²) in [4.78, 5) is 25.1. The van der Waals surface area contributed by atoms with Crippen molar-refractivity contribution in [1.82, 2.24) is 15.2 Å². The van der Waals surface area contributed by atoms with Crippen LogP contribution in [0.25, 0.3) is 0 Å². The number of hydrogen-bond donors (Lipinski definition) is 3. The van der Waals surface area contributed by atoms with Crippen LogP contribution in [0.15, 0.2) is 24.4 Å². The van der Waals surface area contributed by atoms with Gasteiger partial charge in [0.05, 0.1) is 5.69 Å². The smallest absolute Gasteiger partial charge is 0.414 e. The molecule has 7 heteroatoms. The third-order valence-corrected chi connectivity index (χ3v) is 3.50. The van der Waals surface area contributed by atoms with Gasteiger partial charge in [0.2, 0.25) is 0 Å². The lowest BCUT2D eigenvalue weighted by Gasteiger charge is -2.22. The number of rotatable bonds is 5. The first-order valence-electron chi connectivity index (χ1n) is 7.35. The molecule has 0 radical (unpaired) electrons. The molecule has 0 aromatic carbocycles. The molecular weight excluding hydrogens is 286 g/mol. The highest BCUT2D eigenvalue weighted by Crippen LogP contribution is 2.15. The van der Waals surface area contributed by atoms with E-state index in [1.165, 1.54) is 25.9 Å². The van der Waals surface area contributed by atoms with Crippen LogP contribution in [0.3, 0.4) is 0 Å². The summed E-state index contributed by atoms with van der Waals surface area (Å²) < 4.78 is 0. The van der Waals surface area contributed by atoms with Gasteiger partial charge in [-0.1, -0.05) is 13.0 Å². The molecule has 1 fully saturated rings. The second-order valence-electron chi connectivity index (χ2n) is 4.99. The van der Waals surface area contributed by atoms with Crippen LogP contribution in [0.2, 0.25) is 0 Å². The Bertz CT molecular complexity index is 455. The van der Waals surface area contributed by atoms with Gasteiger partial charge in [0.25, 0.3) is 0 Å². The Kier molecular flexibility index (Phi) is 8.09. The normalized spacial score (nSPS) is 17.6. The number of aromatic nitrogens is 1. The molecule has 0 bridgehead atoms. The average Bonchev–Trinajstić information content (AvgIpc) is 2.96. The number of hydrogen-bond acceptors (Lipinski definition) is 5. The van der Waals surface area contributed by atoms with Crippen molar-refractivity contribution >= 4 is 11.9 Å². The van der Waals surface area contributed by atoms with Crippen molar-refractivity contribution in [2.24, 2.45) is 0 Å².